The quantitative estimate of drug-likeness (QED) is 0.0314. The van der Waals surface area contributed by atoms with Crippen LogP contribution in [0.15, 0.2) is 34.9 Å². The number of aliphatic carboxylic acids is 1. The van der Waals surface area contributed by atoms with Gasteiger partial charge in [0, 0.05) is 18.1 Å². The van der Waals surface area contributed by atoms with Gasteiger partial charge in [0.1, 0.15) is 79.4 Å². The van der Waals surface area contributed by atoms with Gasteiger partial charge in [-0.1, -0.05) is 72.3 Å². The largest absolute Gasteiger partial charge is 0.479 e. The topological polar surface area (TPSA) is 413 Å². The fourth-order valence-corrected chi connectivity index (χ4v) is 17.9. The molecule has 0 aromatic heterocycles. The van der Waals surface area contributed by atoms with Gasteiger partial charge in [0.25, 0.3) is 0 Å². The average molecular weight is 1310 g/mol. The Hall–Kier alpha value is -3.66. The number of rotatable bonds is 17. The highest BCUT2D eigenvalue weighted by Crippen LogP contribution is 2.76. The Bertz CT molecular complexity index is 2790. The number of ether oxygens (including phenoxy) is 11. The predicted octanol–water partition coefficient (Wildman–Crippen LogP) is 0.715. The van der Waals surface area contributed by atoms with Crippen LogP contribution in [-0.2, 0) is 71.3 Å². The molecule has 0 aromatic carbocycles. The molecule has 0 aromatic rings. The molecule has 10 unspecified atom stereocenters. The summed E-state index contributed by atoms with van der Waals surface area (Å²) < 4.78 is 67.8. The minimum atomic E-state index is -2.13. The molecule has 27 nitrogen and oxygen atoms in total. The van der Waals surface area contributed by atoms with Crippen LogP contribution >= 0.6 is 0 Å². The number of carbonyl (C=O) groups is 4. The first-order chi connectivity index (χ1) is 43.0. The molecule has 4 aliphatic heterocycles. The Labute approximate surface area is 535 Å². The summed E-state index contributed by atoms with van der Waals surface area (Å²) in [7, 11) is 0. The molecular weight excluding hydrogens is 1210 g/mol. The van der Waals surface area contributed by atoms with Crippen LogP contribution in [0.1, 0.15) is 135 Å². The third-order valence-corrected chi connectivity index (χ3v) is 23.6. The molecule has 0 radical (unpaired) electrons. The lowest BCUT2D eigenvalue weighted by molar-refractivity contribution is -0.386. The predicted molar refractivity (Wildman–Crippen MR) is 316 cm³/mol. The Kier molecular flexibility index (Phi) is 21.3. The van der Waals surface area contributed by atoms with Crippen molar-refractivity contribution in [2.45, 2.75) is 276 Å². The molecule has 27 heteroatoms. The first-order valence-electron chi connectivity index (χ1n) is 32.3. The molecular formula is C65H100O27. The van der Waals surface area contributed by atoms with E-state index >= 15 is 0 Å². The standard InChI is InChI=1S/C65H100O27/c1-14-27(3)54(80)87-46-29(5)82-58(45(77)48(46)88-55(81)28(4)15-2)92-51-52(83-30(6)69)65(26-68)32(22-60(51,7)8)31-16-17-36-62(11)20-19-38(61(9,10)35(62)18-21-63(36,12)64(31,13)23-37(65)70)86-59-50(91-57-43(75)41(73)39(71)33(24-66)84-57)47(44(76)49(90-59)53(78)79)89-56-42(74)40(72)34(25-67)85-56/h14-16,29,32-52,56-59,66-68,70-77H,17-26H2,1-13H3,(H,78,79)/b27-14-,28-15-/t29?,32?,33?,34-,35?,36?,37-,38+,39+,40+,41+,42?,43?,44-,45+,46+,47+,48?,49?,50?,51+,52+,56+,57+,58+,59-,62+,63-,64-,65+/m1/s1. The van der Waals surface area contributed by atoms with Crippen LogP contribution in [0.3, 0.4) is 0 Å². The molecule has 92 heavy (non-hydrogen) atoms. The van der Waals surface area contributed by atoms with E-state index in [-0.39, 0.29) is 35.8 Å². The summed E-state index contributed by atoms with van der Waals surface area (Å²) in [5.74, 6) is -4.65. The number of esters is 3. The van der Waals surface area contributed by atoms with Crippen LogP contribution in [0.2, 0.25) is 0 Å². The molecule has 9 rings (SSSR count). The monoisotopic (exact) mass is 1310 g/mol. The summed E-state index contributed by atoms with van der Waals surface area (Å²) in [5, 5.41) is 134. The number of carboxylic acid groups (broad SMARTS) is 1. The molecule has 30 atom stereocenters. The van der Waals surface area contributed by atoms with Crippen LogP contribution in [0, 0.1) is 50.2 Å². The molecule has 0 bridgehead atoms. The smallest absolute Gasteiger partial charge is 0.335 e. The summed E-state index contributed by atoms with van der Waals surface area (Å²) in [4.78, 5) is 53.0. The Balaban J connectivity index is 1.01. The summed E-state index contributed by atoms with van der Waals surface area (Å²) in [6, 6.07) is 0. The van der Waals surface area contributed by atoms with Crippen molar-refractivity contribution in [3.05, 3.63) is 34.9 Å². The molecule has 4 saturated heterocycles. The van der Waals surface area contributed by atoms with Crippen molar-refractivity contribution in [1.29, 1.82) is 0 Å². The van der Waals surface area contributed by atoms with E-state index in [0.717, 1.165) is 5.57 Å². The Morgan fingerprint density at radius 1 is 0.587 bits per heavy atom. The van der Waals surface area contributed by atoms with E-state index in [2.05, 4.69) is 26.8 Å². The van der Waals surface area contributed by atoms with Crippen molar-refractivity contribution in [1.82, 2.24) is 0 Å². The van der Waals surface area contributed by atoms with E-state index in [4.69, 9.17) is 52.1 Å². The molecule has 12 N–H and O–H groups in total. The summed E-state index contributed by atoms with van der Waals surface area (Å²) >= 11 is 0. The van der Waals surface area contributed by atoms with Gasteiger partial charge >= 0.3 is 23.9 Å². The number of hydrogen-bond donors (Lipinski definition) is 12. The summed E-state index contributed by atoms with van der Waals surface area (Å²) in [5.41, 5.74) is -3.55. The maximum absolute atomic E-state index is 13.5. The van der Waals surface area contributed by atoms with Gasteiger partial charge in [-0.3, -0.25) is 4.79 Å². The van der Waals surface area contributed by atoms with Crippen molar-refractivity contribution in [3.63, 3.8) is 0 Å². The zero-order chi connectivity index (χ0) is 68.0. The Morgan fingerprint density at radius 2 is 1.14 bits per heavy atom. The molecule has 4 heterocycles. The number of aliphatic hydroxyl groups is 11. The fourth-order valence-electron chi connectivity index (χ4n) is 17.9. The molecule has 0 spiro atoms. The van der Waals surface area contributed by atoms with E-state index in [0.29, 0.717) is 32.1 Å². The number of carbonyl (C=O) groups excluding carboxylic acids is 3. The van der Waals surface area contributed by atoms with Gasteiger partial charge in [-0.05, 0) is 124 Å². The number of allylic oxidation sites excluding steroid dienone is 4. The Morgan fingerprint density at radius 3 is 1.70 bits per heavy atom. The molecule has 8 fully saturated rings. The molecule has 0 amide bonds. The molecule has 4 saturated carbocycles. The lowest BCUT2D eigenvalue weighted by Crippen LogP contribution is -2.73. The van der Waals surface area contributed by atoms with Gasteiger partial charge in [-0.25, -0.2) is 14.4 Å². The highest BCUT2D eigenvalue weighted by Gasteiger charge is 2.74. The van der Waals surface area contributed by atoms with Gasteiger partial charge in [-0.2, -0.15) is 0 Å². The second kappa shape index (κ2) is 27.0. The van der Waals surface area contributed by atoms with Crippen LogP contribution in [0.25, 0.3) is 0 Å². The minimum Gasteiger partial charge on any atom is -0.479 e. The highest BCUT2D eigenvalue weighted by atomic mass is 16.8. The van der Waals surface area contributed by atoms with Crippen molar-refractivity contribution in [2.75, 3.05) is 19.8 Å². The first kappa shape index (κ1) is 72.6. The summed E-state index contributed by atoms with van der Waals surface area (Å²) in [6.45, 7) is 21.5. The zero-order valence-corrected chi connectivity index (χ0v) is 54.8. The highest BCUT2D eigenvalue weighted by molar-refractivity contribution is 5.88. The van der Waals surface area contributed by atoms with Gasteiger partial charge in [0.05, 0.1) is 43.5 Å². The van der Waals surface area contributed by atoms with E-state index in [9.17, 15) is 80.5 Å². The van der Waals surface area contributed by atoms with E-state index in [1.807, 2.05) is 27.7 Å². The molecule has 5 aliphatic carbocycles. The van der Waals surface area contributed by atoms with Crippen molar-refractivity contribution < 1.29 is 133 Å². The van der Waals surface area contributed by atoms with E-state index in [1.54, 1.807) is 33.8 Å². The van der Waals surface area contributed by atoms with Crippen LogP contribution in [0.4, 0.5) is 0 Å². The second-order valence-corrected chi connectivity index (χ2v) is 29.3. The van der Waals surface area contributed by atoms with Gasteiger partial charge in [-0.15, -0.1) is 0 Å². The fraction of sp³-hybridized carbons (Fsp3) is 0.846. The average Bonchev–Trinajstić information content (AvgIpc) is 0.719. The zero-order valence-electron chi connectivity index (χ0n) is 54.8. The second-order valence-electron chi connectivity index (χ2n) is 29.3. The van der Waals surface area contributed by atoms with Crippen LogP contribution in [-0.4, -0.2) is 246 Å². The SMILES string of the molecule is C/C=C(/C)C(=O)OC1[C@@H](OC(=O)/C(C)=C\C)C(C)O[C@@H](O[C@H]2[C@H](OC(C)=O)[C@@]3(CO)C(CC2(C)C)C2=CCC4[C@@]5(C)CC[C@H](O[C@@H]6OC(C(=O)O)[C@H](O)[C@H](O[C@@H]7O[C@H](CO)[C@H](O)C7O)C6O[C@@H]6OC(CO)[C@H](O)[C@H](O)C6O)C(C)(C)C5CC[C@@]4(C)[C@]2(C)C[C@H]3O)[C@H]1O. The molecule has 522 valence electrons. The maximum atomic E-state index is 13.5. The van der Waals surface area contributed by atoms with Crippen molar-refractivity contribution in [2.24, 2.45) is 50.2 Å². The number of hydrogen-bond acceptors (Lipinski definition) is 26. The number of fused-ring (bicyclic) bond motifs is 7. The minimum absolute atomic E-state index is 0.0439. The normalized spacial score (nSPS) is 48.4. The third kappa shape index (κ3) is 12.2. The van der Waals surface area contributed by atoms with Gasteiger partial charge in [0.15, 0.2) is 43.5 Å². The van der Waals surface area contributed by atoms with Gasteiger partial charge in [0.2, 0.25) is 0 Å². The third-order valence-electron chi connectivity index (χ3n) is 23.6. The van der Waals surface area contributed by atoms with Crippen molar-refractivity contribution in [3.8, 4) is 0 Å². The summed E-state index contributed by atoms with van der Waals surface area (Å²) in [6.07, 6.45) is -28.8. The van der Waals surface area contributed by atoms with E-state index < -0.39 is 223 Å². The number of aliphatic hydroxyl groups excluding tert-OH is 11. The van der Waals surface area contributed by atoms with Crippen LogP contribution in [0.5, 0.6) is 0 Å². The van der Waals surface area contributed by atoms with Crippen molar-refractivity contribution >= 4 is 23.9 Å². The molecule has 9 aliphatic rings. The lowest BCUT2D eigenvalue weighted by atomic mass is 9.33. The lowest BCUT2D eigenvalue weighted by Gasteiger charge is -2.72. The first-order valence-corrected chi connectivity index (χ1v) is 32.3. The van der Waals surface area contributed by atoms with E-state index in [1.165, 1.54) is 19.9 Å². The maximum Gasteiger partial charge on any atom is 0.335 e. The van der Waals surface area contributed by atoms with Gasteiger partial charge < -0.3 is 113 Å². The van der Waals surface area contributed by atoms with Crippen LogP contribution < -0.4 is 0 Å². The number of carboxylic acids is 1.